The van der Waals surface area contributed by atoms with E-state index in [-0.39, 0.29) is 13.2 Å². The number of rotatable bonds is 3. The number of aliphatic hydroxyl groups is 1. The molecule has 0 spiro atoms. The van der Waals surface area contributed by atoms with Gasteiger partial charge in [0, 0.05) is 4.47 Å². The van der Waals surface area contributed by atoms with Gasteiger partial charge in [0.2, 0.25) is 0 Å². The third-order valence-corrected chi connectivity index (χ3v) is 2.62. The summed E-state index contributed by atoms with van der Waals surface area (Å²) in [5, 5.41) is 8.57. The van der Waals surface area contributed by atoms with Gasteiger partial charge in [-0.05, 0) is 24.6 Å². The van der Waals surface area contributed by atoms with Gasteiger partial charge < -0.3 is 15.6 Å². The van der Waals surface area contributed by atoms with Crippen LogP contribution in [0.5, 0.6) is 5.75 Å². The first-order chi connectivity index (χ1) is 6.16. The van der Waals surface area contributed by atoms with Gasteiger partial charge in [0.1, 0.15) is 12.4 Å². The SMILES string of the molecule is Cc1c(Br)ccc(OCCO)c1N. The van der Waals surface area contributed by atoms with Crippen LogP contribution in [0.2, 0.25) is 0 Å². The fraction of sp³-hybridized carbons (Fsp3) is 0.333. The van der Waals surface area contributed by atoms with Crippen LogP contribution in [0, 0.1) is 6.92 Å². The summed E-state index contributed by atoms with van der Waals surface area (Å²) in [5.74, 6) is 0.620. The number of anilines is 1. The van der Waals surface area contributed by atoms with Crippen LogP contribution in [0.3, 0.4) is 0 Å². The third-order valence-electron chi connectivity index (χ3n) is 1.76. The van der Waals surface area contributed by atoms with Crippen molar-refractivity contribution in [2.45, 2.75) is 6.92 Å². The van der Waals surface area contributed by atoms with E-state index in [1.807, 2.05) is 13.0 Å². The summed E-state index contributed by atoms with van der Waals surface area (Å²) in [6, 6.07) is 3.65. The number of nitrogens with two attached hydrogens (primary N) is 1. The van der Waals surface area contributed by atoms with Crippen molar-refractivity contribution >= 4 is 21.6 Å². The van der Waals surface area contributed by atoms with E-state index in [1.165, 1.54) is 0 Å². The summed E-state index contributed by atoms with van der Waals surface area (Å²) in [6.07, 6.45) is 0. The van der Waals surface area contributed by atoms with Crippen LogP contribution >= 0.6 is 15.9 Å². The number of aliphatic hydroxyl groups excluding tert-OH is 1. The molecular formula is C9H12BrNO2. The summed E-state index contributed by atoms with van der Waals surface area (Å²) < 4.78 is 6.19. The molecule has 0 bridgehead atoms. The molecular weight excluding hydrogens is 234 g/mol. The minimum absolute atomic E-state index is 0.00541. The van der Waals surface area contributed by atoms with Crippen molar-refractivity contribution in [1.82, 2.24) is 0 Å². The van der Waals surface area contributed by atoms with Crippen molar-refractivity contribution in [3.8, 4) is 5.75 Å². The quantitative estimate of drug-likeness (QED) is 0.798. The Morgan fingerprint density at radius 2 is 2.23 bits per heavy atom. The zero-order valence-electron chi connectivity index (χ0n) is 7.38. The van der Waals surface area contributed by atoms with Crippen molar-refractivity contribution in [1.29, 1.82) is 0 Å². The fourth-order valence-electron chi connectivity index (χ4n) is 0.959. The van der Waals surface area contributed by atoms with Crippen molar-refractivity contribution in [2.24, 2.45) is 0 Å². The number of halogens is 1. The molecule has 0 aliphatic heterocycles. The topological polar surface area (TPSA) is 55.5 Å². The monoisotopic (exact) mass is 245 g/mol. The molecule has 0 atom stereocenters. The predicted octanol–water partition coefficient (Wildman–Crippen LogP) is 1.71. The maximum Gasteiger partial charge on any atom is 0.142 e. The minimum atomic E-state index is -0.00541. The number of nitrogen functional groups attached to an aromatic ring is 1. The molecule has 0 radical (unpaired) electrons. The van der Waals surface area contributed by atoms with Gasteiger partial charge in [-0.1, -0.05) is 15.9 Å². The molecule has 0 saturated heterocycles. The van der Waals surface area contributed by atoms with E-state index in [4.69, 9.17) is 15.6 Å². The van der Waals surface area contributed by atoms with Crippen LogP contribution < -0.4 is 10.5 Å². The first-order valence-electron chi connectivity index (χ1n) is 3.95. The van der Waals surface area contributed by atoms with Crippen LogP contribution in [0.15, 0.2) is 16.6 Å². The lowest BCUT2D eigenvalue weighted by Gasteiger charge is -2.10. The zero-order valence-corrected chi connectivity index (χ0v) is 8.97. The molecule has 1 aromatic carbocycles. The van der Waals surface area contributed by atoms with Crippen LogP contribution in [-0.4, -0.2) is 18.3 Å². The van der Waals surface area contributed by atoms with Gasteiger partial charge in [-0.2, -0.15) is 0 Å². The lowest BCUT2D eigenvalue weighted by atomic mass is 10.2. The molecule has 0 unspecified atom stereocenters. The fourth-order valence-corrected chi connectivity index (χ4v) is 1.30. The van der Waals surface area contributed by atoms with Gasteiger partial charge in [0.15, 0.2) is 0 Å². The molecule has 0 saturated carbocycles. The van der Waals surface area contributed by atoms with E-state index in [1.54, 1.807) is 6.07 Å². The number of hydrogen-bond donors (Lipinski definition) is 2. The van der Waals surface area contributed by atoms with E-state index in [0.717, 1.165) is 10.0 Å². The average molecular weight is 246 g/mol. The van der Waals surface area contributed by atoms with Gasteiger partial charge in [0.25, 0.3) is 0 Å². The Bertz CT molecular complexity index is 302. The minimum Gasteiger partial charge on any atom is -0.489 e. The summed E-state index contributed by atoms with van der Waals surface area (Å²) in [6.45, 7) is 2.17. The lowest BCUT2D eigenvalue weighted by molar-refractivity contribution is 0.202. The summed E-state index contributed by atoms with van der Waals surface area (Å²) in [7, 11) is 0. The van der Waals surface area contributed by atoms with Crippen molar-refractivity contribution in [3.05, 3.63) is 22.2 Å². The first-order valence-corrected chi connectivity index (χ1v) is 4.74. The van der Waals surface area contributed by atoms with Gasteiger partial charge in [-0.25, -0.2) is 0 Å². The maximum absolute atomic E-state index is 8.57. The number of ether oxygens (including phenoxy) is 1. The molecule has 4 heteroatoms. The Balaban J connectivity index is 2.90. The molecule has 13 heavy (non-hydrogen) atoms. The normalized spacial score (nSPS) is 10.1. The number of hydrogen-bond acceptors (Lipinski definition) is 3. The van der Waals surface area contributed by atoms with Gasteiger partial charge >= 0.3 is 0 Å². The summed E-state index contributed by atoms with van der Waals surface area (Å²) in [4.78, 5) is 0. The third kappa shape index (κ3) is 2.35. The van der Waals surface area contributed by atoms with E-state index in [0.29, 0.717) is 11.4 Å². The van der Waals surface area contributed by atoms with Crippen LogP contribution in [0.1, 0.15) is 5.56 Å². The second-order valence-electron chi connectivity index (χ2n) is 2.66. The van der Waals surface area contributed by atoms with Gasteiger partial charge in [-0.15, -0.1) is 0 Å². The van der Waals surface area contributed by atoms with Gasteiger partial charge in [0.05, 0.1) is 12.3 Å². The maximum atomic E-state index is 8.57. The number of benzene rings is 1. The van der Waals surface area contributed by atoms with Crippen LogP contribution in [0.25, 0.3) is 0 Å². The molecule has 1 aromatic rings. The van der Waals surface area contributed by atoms with Crippen molar-refractivity contribution in [3.63, 3.8) is 0 Å². The molecule has 1 rings (SSSR count). The first kappa shape index (κ1) is 10.3. The summed E-state index contributed by atoms with van der Waals surface area (Å²) in [5.41, 5.74) is 7.36. The second kappa shape index (κ2) is 4.48. The van der Waals surface area contributed by atoms with E-state index >= 15 is 0 Å². The van der Waals surface area contributed by atoms with E-state index < -0.39 is 0 Å². The largest absolute Gasteiger partial charge is 0.489 e. The standard InChI is InChI=1S/C9H12BrNO2/c1-6-7(10)2-3-8(9(6)11)13-5-4-12/h2-3,12H,4-5,11H2,1H3. The average Bonchev–Trinajstić information content (AvgIpc) is 2.13. The highest BCUT2D eigenvalue weighted by atomic mass is 79.9. The van der Waals surface area contributed by atoms with E-state index in [2.05, 4.69) is 15.9 Å². The van der Waals surface area contributed by atoms with Crippen molar-refractivity contribution < 1.29 is 9.84 Å². The highest BCUT2D eigenvalue weighted by Gasteiger charge is 2.05. The molecule has 3 nitrogen and oxygen atoms in total. The molecule has 3 N–H and O–H groups in total. The van der Waals surface area contributed by atoms with Crippen molar-refractivity contribution in [2.75, 3.05) is 18.9 Å². The van der Waals surface area contributed by atoms with E-state index in [9.17, 15) is 0 Å². The van der Waals surface area contributed by atoms with Crippen LogP contribution in [-0.2, 0) is 0 Å². The Morgan fingerprint density at radius 3 is 2.85 bits per heavy atom. The molecule has 0 amide bonds. The molecule has 0 heterocycles. The molecule has 72 valence electrons. The predicted molar refractivity (Wildman–Crippen MR) is 55.9 cm³/mol. The Kier molecular flexibility index (Phi) is 3.57. The highest BCUT2D eigenvalue weighted by molar-refractivity contribution is 9.10. The molecule has 0 fully saturated rings. The smallest absolute Gasteiger partial charge is 0.142 e. The Morgan fingerprint density at radius 1 is 1.54 bits per heavy atom. The summed E-state index contributed by atoms with van der Waals surface area (Å²) >= 11 is 3.36. The van der Waals surface area contributed by atoms with Gasteiger partial charge in [-0.3, -0.25) is 0 Å². The second-order valence-corrected chi connectivity index (χ2v) is 3.51. The van der Waals surface area contributed by atoms with Crippen LogP contribution in [0.4, 0.5) is 5.69 Å². The lowest BCUT2D eigenvalue weighted by Crippen LogP contribution is -2.04. The Labute approximate surface area is 85.6 Å². The Hall–Kier alpha value is -0.740. The zero-order chi connectivity index (χ0) is 9.84. The highest BCUT2D eigenvalue weighted by Crippen LogP contribution is 2.30. The molecule has 0 aliphatic carbocycles. The molecule has 0 aromatic heterocycles. The molecule has 0 aliphatic rings.